The van der Waals surface area contributed by atoms with Gasteiger partial charge in [-0.1, -0.05) is 0 Å². The molecule has 0 spiro atoms. The molecular formula is C14H24N2O2. The summed E-state index contributed by atoms with van der Waals surface area (Å²) in [5, 5.41) is 0. The molecule has 0 bridgehead atoms. The first-order valence-corrected chi connectivity index (χ1v) is 6.77. The summed E-state index contributed by atoms with van der Waals surface area (Å²) in [6, 6.07) is 2.70. The third-order valence-corrected chi connectivity index (χ3v) is 3.80. The zero-order valence-electron chi connectivity index (χ0n) is 11.4. The molecule has 102 valence electrons. The predicted molar refractivity (Wildman–Crippen MR) is 71.3 cm³/mol. The van der Waals surface area contributed by atoms with Gasteiger partial charge in [0.2, 0.25) is 0 Å². The van der Waals surface area contributed by atoms with Gasteiger partial charge in [0, 0.05) is 18.2 Å². The van der Waals surface area contributed by atoms with Gasteiger partial charge in [0.05, 0.1) is 13.2 Å². The van der Waals surface area contributed by atoms with Crippen LogP contribution in [0.25, 0.3) is 0 Å². The second-order valence-electron chi connectivity index (χ2n) is 5.12. The van der Waals surface area contributed by atoms with Gasteiger partial charge in [-0.2, -0.15) is 0 Å². The van der Waals surface area contributed by atoms with Crippen molar-refractivity contribution >= 4 is 0 Å². The molecule has 0 amide bonds. The third kappa shape index (κ3) is 3.34. The average molecular weight is 252 g/mol. The Morgan fingerprint density at radius 3 is 3.00 bits per heavy atom. The SMILES string of the molecule is Cc1oc(CN)cc1COCCC1CCCN1C. The first-order valence-electron chi connectivity index (χ1n) is 6.77. The number of likely N-dealkylation sites (tertiary alicyclic amines) is 1. The van der Waals surface area contributed by atoms with Crippen molar-refractivity contribution < 1.29 is 9.15 Å². The van der Waals surface area contributed by atoms with Crippen LogP contribution in [-0.4, -0.2) is 31.1 Å². The van der Waals surface area contributed by atoms with E-state index in [0.717, 1.165) is 30.1 Å². The zero-order chi connectivity index (χ0) is 13.0. The van der Waals surface area contributed by atoms with E-state index in [2.05, 4.69) is 11.9 Å². The Kier molecular flexibility index (Phi) is 4.80. The zero-order valence-corrected chi connectivity index (χ0v) is 11.4. The van der Waals surface area contributed by atoms with Crippen LogP contribution in [0.5, 0.6) is 0 Å². The minimum absolute atomic E-state index is 0.452. The Hall–Kier alpha value is -0.840. The molecule has 0 aromatic carbocycles. The first-order chi connectivity index (χ1) is 8.70. The van der Waals surface area contributed by atoms with Gasteiger partial charge in [-0.05, 0) is 45.8 Å². The maximum atomic E-state index is 5.74. The summed E-state index contributed by atoms with van der Waals surface area (Å²) in [7, 11) is 2.20. The number of hydrogen-bond acceptors (Lipinski definition) is 4. The van der Waals surface area contributed by atoms with Gasteiger partial charge < -0.3 is 19.8 Å². The van der Waals surface area contributed by atoms with Crippen LogP contribution >= 0.6 is 0 Å². The van der Waals surface area contributed by atoms with Crippen molar-refractivity contribution in [3.63, 3.8) is 0 Å². The second kappa shape index (κ2) is 6.36. The number of ether oxygens (including phenoxy) is 1. The molecule has 2 heterocycles. The molecule has 1 aliphatic rings. The normalized spacial score (nSPS) is 20.7. The fourth-order valence-corrected chi connectivity index (χ4v) is 2.58. The molecule has 0 saturated carbocycles. The lowest BCUT2D eigenvalue weighted by Crippen LogP contribution is -2.26. The third-order valence-electron chi connectivity index (χ3n) is 3.80. The maximum Gasteiger partial charge on any atom is 0.118 e. The second-order valence-corrected chi connectivity index (χ2v) is 5.12. The molecule has 0 radical (unpaired) electrons. The molecule has 1 saturated heterocycles. The lowest BCUT2D eigenvalue weighted by molar-refractivity contribution is 0.101. The summed E-state index contributed by atoms with van der Waals surface area (Å²) in [5.41, 5.74) is 6.67. The van der Waals surface area contributed by atoms with Crippen molar-refractivity contribution in [2.75, 3.05) is 20.2 Å². The topological polar surface area (TPSA) is 51.6 Å². The van der Waals surface area contributed by atoms with Crippen molar-refractivity contribution in [1.82, 2.24) is 4.90 Å². The van der Waals surface area contributed by atoms with Crippen LogP contribution in [0.3, 0.4) is 0 Å². The highest BCUT2D eigenvalue weighted by Crippen LogP contribution is 2.19. The Bertz CT molecular complexity index is 376. The molecule has 1 fully saturated rings. The Morgan fingerprint density at radius 2 is 2.39 bits per heavy atom. The number of nitrogens with zero attached hydrogens (tertiary/aromatic N) is 1. The molecule has 18 heavy (non-hydrogen) atoms. The van der Waals surface area contributed by atoms with Gasteiger partial charge in [0.1, 0.15) is 11.5 Å². The molecular weight excluding hydrogens is 228 g/mol. The highest BCUT2D eigenvalue weighted by molar-refractivity contribution is 5.19. The van der Waals surface area contributed by atoms with Gasteiger partial charge >= 0.3 is 0 Å². The monoisotopic (exact) mass is 252 g/mol. The first kappa shape index (κ1) is 13.6. The van der Waals surface area contributed by atoms with E-state index in [-0.39, 0.29) is 0 Å². The van der Waals surface area contributed by atoms with Crippen molar-refractivity contribution in [3.05, 3.63) is 23.2 Å². The smallest absolute Gasteiger partial charge is 0.118 e. The minimum atomic E-state index is 0.452. The van der Waals surface area contributed by atoms with Gasteiger partial charge in [0.15, 0.2) is 0 Å². The van der Waals surface area contributed by atoms with Crippen LogP contribution in [-0.2, 0) is 17.9 Å². The standard InChI is InChI=1S/C14H24N2O2/c1-11-12(8-14(9-15)18-11)10-17-7-5-13-4-3-6-16(13)2/h8,13H,3-7,9-10,15H2,1-2H3. The molecule has 2 N–H and O–H groups in total. The quantitative estimate of drug-likeness (QED) is 0.787. The summed E-state index contributed by atoms with van der Waals surface area (Å²) in [4.78, 5) is 2.43. The number of hydrogen-bond donors (Lipinski definition) is 1. The summed E-state index contributed by atoms with van der Waals surface area (Å²) in [6.07, 6.45) is 3.75. The highest BCUT2D eigenvalue weighted by Gasteiger charge is 2.20. The van der Waals surface area contributed by atoms with Crippen LogP contribution in [0.2, 0.25) is 0 Å². The molecule has 2 rings (SSSR count). The van der Waals surface area contributed by atoms with Gasteiger partial charge in [-0.15, -0.1) is 0 Å². The van der Waals surface area contributed by atoms with Crippen molar-refractivity contribution in [1.29, 1.82) is 0 Å². The van der Waals surface area contributed by atoms with E-state index >= 15 is 0 Å². The number of furan rings is 1. The molecule has 1 aliphatic heterocycles. The molecule has 4 heteroatoms. The van der Waals surface area contributed by atoms with Crippen molar-refractivity contribution in [2.45, 2.75) is 45.4 Å². The number of rotatable bonds is 6. The largest absolute Gasteiger partial charge is 0.465 e. The summed E-state index contributed by atoms with van der Waals surface area (Å²) in [6.45, 7) is 5.09. The Labute approximate surface area is 109 Å². The van der Waals surface area contributed by atoms with E-state index in [0.29, 0.717) is 19.2 Å². The average Bonchev–Trinajstić information content (AvgIpc) is 2.92. The van der Waals surface area contributed by atoms with Crippen LogP contribution in [0.4, 0.5) is 0 Å². The van der Waals surface area contributed by atoms with E-state index in [4.69, 9.17) is 14.9 Å². The summed E-state index contributed by atoms with van der Waals surface area (Å²) in [5.74, 6) is 1.76. The minimum Gasteiger partial charge on any atom is -0.465 e. The predicted octanol–water partition coefficient (Wildman–Crippen LogP) is 2.05. The van der Waals surface area contributed by atoms with E-state index in [1.165, 1.54) is 19.4 Å². The van der Waals surface area contributed by atoms with Crippen molar-refractivity contribution in [2.24, 2.45) is 5.73 Å². The molecule has 4 nitrogen and oxygen atoms in total. The maximum absolute atomic E-state index is 5.74. The van der Waals surface area contributed by atoms with Crippen LogP contribution in [0.1, 0.15) is 36.3 Å². The number of nitrogens with two attached hydrogens (primary N) is 1. The summed E-state index contributed by atoms with van der Waals surface area (Å²) >= 11 is 0. The Morgan fingerprint density at radius 1 is 1.56 bits per heavy atom. The van der Waals surface area contributed by atoms with E-state index in [1.807, 2.05) is 13.0 Å². The molecule has 0 aliphatic carbocycles. The fraction of sp³-hybridized carbons (Fsp3) is 0.714. The van der Waals surface area contributed by atoms with Crippen molar-refractivity contribution in [3.8, 4) is 0 Å². The van der Waals surface area contributed by atoms with Gasteiger partial charge in [-0.3, -0.25) is 0 Å². The lowest BCUT2D eigenvalue weighted by atomic mass is 10.1. The molecule has 1 unspecified atom stereocenters. The highest BCUT2D eigenvalue weighted by atomic mass is 16.5. The fourth-order valence-electron chi connectivity index (χ4n) is 2.58. The Balaban J connectivity index is 1.70. The molecule has 1 atom stereocenters. The molecule has 1 aromatic heterocycles. The van der Waals surface area contributed by atoms with Crippen LogP contribution in [0.15, 0.2) is 10.5 Å². The van der Waals surface area contributed by atoms with E-state index < -0.39 is 0 Å². The van der Waals surface area contributed by atoms with Gasteiger partial charge in [-0.25, -0.2) is 0 Å². The van der Waals surface area contributed by atoms with Crippen LogP contribution in [0, 0.1) is 6.92 Å². The molecule has 1 aromatic rings. The lowest BCUT2D eigenvalue weighted by Gasteiger charge is -2.18. The summed E-state index contributed by atoms with van der Waals surface area (Å²) < 4.78 is 11.2. The van der Waals surface area contributed by atoms with Gasteiger partial charge in [0.25, 0.3) is 0 Å². The van der Waals surface area contributed by atoms with E-state index in [9.17, 15) is 0 Å². The number of aryl methyl sites for hydroxylation is 1. The van der Waals surface area contributed by atoms with Crippen LogP contribution < -0.4 is 5.73 Å². The van der Waals surface area contributed by atoms with E-state index in [1.54, 1.807) is 0 Å².